The fourth-order valence-electron chi connectivity index (χ4n) is 3.06. The maximum atomic E-state index is 12.9. The van der Waals surface area contributed by atoms with Gasteiger partial charge in [-0.2, -0.15) is 9.36 Å². The number of oxime groups is 1. The van der Waals surface area contributed by atoms with E-state index in [2.05, 4.69) is 24.7 Å². The van der Waals surface area contributed by atoms with Crippen molar-refractivity contribution in [3.63, 3.8) is 0 Å². The number of nitrogens with zero attached hydrogens (tertiary/aromatic N) is 5. The van der Waals surface area contributed by atoms with Crippen LogP contribution in [0, 0.1) is 0 Å². The first-order chi connectivity index (χ1) is 16.2. The van der Waals surface area contributed by atoms with Crippen molar-refractivity contribution in [1.82, 2.24) is 24.5 Å². The number of hydrogen-bond donors (Lipinski definition) is 3. The molecule has 4 N–H and O–H groups in total. The molecule has 2 amide bonds. The number of thioether (sulfide) groups is 2. The molecule has 0 spiro atoms. The third-order valence-corrected chi connectivity index (χ3v) is 7.25. The van der Waals surface area contributed by atoms with E-state index < -0.39 is 29.2 Å². The van der Waals surface area contributed by atoms with Gasteiger partial charge < -0.3 is 25.9 Å². The van der Waals surface area contributed by atoms with Gasteiger partial charge in [-0.1, -0.05) is 5.16 Å². The van der Waals surface area contributed by atoms with E-state index >= 15 is 0 Å². The van der Waals surface area contributed by atoms with Crippen molar-refractivity contribution in [1.29, 1.82) is 0 Å². The molecule has 0 radical (unpaired) electrons. The standard InChI is InChI=1S/C19H25N7O5S3/c1-4-31-23-11(14-22-19(20)34-24-14)15(27)21-12-16(28)26-13(18(29)30)10(9-33-17(12)26)5-7-32-8-6-25(2)3/h5,7,12,17H,4,6,8-9H2,1-3H3,(H,21,27)(H,29,30)(H2,20,22,24)/b7-5+,23-11-/t12?,17-/m1/s1. The number of allylic oxidation sites excluding steroid dienone is 1. The monoisotopic (exact) mass is 527 g/mol. The van der Waals surface area contributed by atoms with Gasteiger partial charge in [0.05, 0.1) is 0 Å². The molecule has 184 valence electrons. The van der Waals surface area contributed by atoms with Crippen molar-refractivity contribution < 1.29 is 24.3 Å². The molecule has 34 heavy (non-hydrogen) atoms. The van der Waals surface area contributed by atoms with E-state index in [-0.39, 0.29) is 29.0 Å². The average molecular weight is 528 g/mol. The molecule has 15 heteroatoms. The average Bonchev–Trinajstić information content (AvgIpc) is 3.22. The van der Waals surface area contributed by atoms with E-state index in [1.165, 1.54) is 16.7 Å². The van der Waals surface area contributed by atoms with E-state index in [0.717, 1.165) is 23.8 Å². The van der Waals surface area contributed by atoms with Crippen LogP contribution < -0.4 is 11.1 Å². The fraction of sp³-hybridized carbons (Fsp3) is 0.474. The number of carbonyl (C=O) groups is 3. The van der Waals surface area contributed by atoms with Gasteiger partial charge >= 0.3 is 5.97 Å². The van der Waals surface area contributed by atoms with Crippen LogP contribution in [-0.2, 0) is 19.2 Å². The molecule has 0 bridgehead atoms. The number of β-lactam (4-membered cyclic amide) rings is 1. The Morgan fingerprint density at radius 2 is 2.24 bits per heavy atom. The van der Waals surface area contributed by atoms with Crippen molar-refractivity contribution in [2.45, 2.75) is 18.3 Å². The van der Waals surface area contributed by atoms with Gasteiger partial charge in [-0.3, -0.25) is 14.5 Å². The van der Waals surface area contributed by atoms with E-state index in [9.17, 15) is 19.5 Å². The number of carbonyl (C=O) groups excluding carboxylic acids is 2. The minimum atomic E-state index is -1.19. The third-order valence-electron chi connectivity index (χ3n) is 4.66. The van der Waals surface area contributed by atoms with Gasteiger partial charge in [0.25, 0.3) is 11.8 Å². The predicted octanol–water partition coefficient (Wildman–Crippen LogP) is 0.408. The first-order valence-corrected chi connectivity index (χ1v) is 13.1. The van der Waals surface area contributed by atoms with Gasteiger partial charge in [-0.15, -0.1) is 23.5 Å². The SMILES string of the molecule is CCO/N=C(\C(=O)NC1C(=O)N2C(C(=O)O)=C(/C=C/SCCN(C)C)CS[C@H]12)c1nsc(N)n1. The second-order valence-corrected chi connectivity index (χ2v) is 10.2. The zero-order chi connectivity index (χ0) is 24.8. The predicted molar refractivity (Wildman–Crippen MR) is 132 cm³/mol. The molecule has 12 nitrogen and oxygen atoms in total. The number of amides is 2. The molecule has 1 aromatic rings. The molecule has 0 aromatic carbocycles. The molecule has 2 atom stereocenters. The van der Waals surface area contributed by atoms with Crippen molar-refractivity contribution in [3.05, 3.63) is 28.6 Å². The molecule has 1 unspecified atom stereocenters. The van der Waals surface area contributed by atoms with Crippen LogP contribution in [-0.4, -0.2) is 97.9 Å². The summed E-state index contributed by atoms with van der Waals surface area (Å²) in [6, 6.07) is -0.922. The Morgan fingerprint density at radius 1 is 1.47 bits per heavy atom. The van der Waals surface area contributed by atoms with E-state index in [1.807, 2.05) is 19.5 Å². The highest BCUT2D eigenvalue weighted by atomic mass is 32.2. The van der Waals surface area contributed by atoms with Crippen LogP contribution in [0.3, 0.4) is 0 Å². The minimum Gasteiger partial charge on any atom is -0.477 e. The maximum Gasteiger partial charge on any atom is 0.352 e. The molecular formula is C19H25N7O5S3. The summed E-state index contributed by atoms with van der Waals surface area (Å²) in [6.45, 7) is 2.79. The summed E-state index contributed by atoms with van der Waals surface area (Å²) < 4.78 is 3.97. The number of fused-ring (bicyclic) bond motifs is 1. The lowest BCUT2D eigenvalue weighted by molar-refractivity contribution is -0.150. The maximum absolute atomic E-state index is 12.9. The number of rotatable bonds is 11. The van der Waals surface area contributed by atoms with Crippen LogP contribution in [0.2, 0.25) is 0 Å². The van der Waals surface area contributed by atoms with Crippen LogP contribution in [0.25, 0.3) is 0 Å². The van der Waals surface area contributed by atoms with Gasteiger partial charge in [0.2, 0.25) is 11.5 Å². The summed E-state index contributed by atoms with van der Waals surface area (Å²) in [5.41, 5.74) is 5.86. The molecule has 0 saturated carbocycles. The summed E-state index contributed by atoms with van der Waals surface area (Å²) in [7, 11) is 3.96. The third kappa shape index (κ3) is 5.89. The van der Waals surface area contributed by atoms with E-state index in [4.69, 9.17) is 10.6 Å². The molecule has 2 aliphatic heterocycles. The zero-order valence-electron chi connectivity index (χ0n) is 18.8. The number of nitrogens with one attached hydrogen (secondary N) is 1. The van der Waals surface area contributed by atoms with Crippen molar-refractivity contribution in [3.8, 4) is 0 Å². The number of aromatic nitrogens is 2. The molecule has 0 aliphatic carbocycles. The molecule has 1 saturated heterocycles. The highest BCUT2D eigenvalue weighted by Crippen LogP contribution is 2.40. The molecule has 1 aromatic heterocycles. The first kappa shape index (κ1) is 26.0. The highest BCUT2D eigenvalue weighted by Gasteiger charge is 2.54. The van der Waals surface area contributed by atoms with Gasteiger partial charge in [0, 0.05) is 29.6 Å². The van der Waals surface area contributed by atoms with Crippen molar-refractivity contribution >= 4 is 63.7 Å². The Bertz CT molecular complexity index is 1040. The highest BCUT2D eigenvalue weighted by molar-refractivity contribution is 8.02. The normalized spacial score (nSPS) is 20.5. The van der Waals surface area contributed by atoms with Crippen LogP contribution in [0.15, 0.2) is 27.9 Å². The van der Waals surface area contributed by atoms with E-state index in [1.54, 1.807) is 24.8 Å². The molecule has 3 rings (SSSR count). The topological polar surface area (TPSA) is 163 Å². The fourth-order valence-corrected chi connectivity index (χ4v) is 5.68. The van der Waals surface area contributed by atoms with Gasteiger partial charge in [-0.05, 0) is 38.1 Å². The number of hydrogen-bond acceptors (Lipinski definition) is 12. The molecule has 2 aliphatic rings. The Balaban J connectivity index is 1.72. The minimum absolute atomic E-state index is 0.0151. The number of aliphatic carboxylic acids is 1. The number of carboxylic acid groups (broad SMARTS) is 1. The lowest BCUT2D eigenvalue weighted by Gasteiger charge is -2.49. The number of carboxylic acids is 1. The summed E-state index contributed by atoms with van der Waals surface area (Å²) in [5, 5.41) is 17.6. The summed E-state index contributed by atoms with van der Waals surface area (Å²) in [5.74, 6) is -1.20. The number of nitrogens with two attached hydrogens (primary N) is 1. The molecule has 1 fully saturated rings. The molecular weight excluding hydrogens is 502 g/mol. The van der Waals surface area contributed by atoms with Crippen LogP contribution in [0.4, 0.5) is 5.13 Å². The Morgan fingerprint density at radius 3 is 2.85 bits per heavy atom. The van der Waals surface area contributed by atoms with Crippen molar-refractivity contribution in [2.24, 2.45) is 5.16 Å². The zero-order valence-corrected chi connectivity index (χ0v) is 21.2. The summed E-state index contributed by atoms with van der Waals surface area (Å²) >= 11 is 3.83. The second-order valence-electron chi connectivity index (χ2n) is 7.33. The lowest BCUT2D eigenvalue weighted by Crippen LogP contribution is -2.71. The van der Waals surface area contributed by atoms with Gasteiger partial charge in [-0.25, -0.2) is 4.79 Å². The summed E-state index contributed by atoms with van der Waals surface area (Å²) in [6.07, 6.45) is 1.73. The quantitative estimate of drug-likeness (QED) is 0.158. The molecule has 3 heterocycles. The van der Waals surface area contributed by atoms with Gasteiger partial charge in [0.1, 0.15) is 23.7 Å². The lowest BCUT2D eigenvalue weighted by atomic mass is 10.0. The Labute approximate surface area is 208 Å². The first-order valence-electron chi connectivity index (χ1n) is 10.2. The van der Waals surface area contributed by atoms with E-state index in [0.29, 0.717) is 11.3 Å². The van der Waals surface area contributed by atoms with Crippen LogP contribution in [0.1, 0.15) is 12.7 Å². The summed E-state index contributed by atoms with van der Waals surface area (Å²) in [4.78, 5) is 49.9. The van der Waals surface area contributed by atoms with Crippen LogP contribution in [0.5, 0.6) is 0 Å². The second kappa shape index (κ2) is 11.7. The largest absolute Gasteiger partial charge is 0.477 e. The number of nitrogen functional groups attached to an aromatic ring is 1. The smallest absolute Gasteiger partial charge is 0.352 e. The Kier molecular flexibility index (Phi) is 8.93. The van der Waals surface area contributed by atoms with Crippen molar-refractivity contribution in [2.75, 3.05) is 44.5 Å². The van der Waals surface area contributed by atoms with Crippen LogP contribution >= 0.6 is 35.1 Å². The Hall–Kier alpha value is -2.62. The number of anilines is 1. The van der Waals surface area contributed by atoms with Gasteiger partial charge in [0.15, 0.2) is 5.13 Å².